The van der Waals surface area contributed by atoms with Gasteiger partial charge in [-0.15, -0.1) is 11.3 Å². The van der Waals surface area contributed by atoms with Gasteiger partial charge in [-0.25, -0.2) is 9.97 Å². The predicted molar refractivity (Wildman–Crippen MR) is 70.2 cm³/mol. The van der Waals surface area contributed by atoms with Crippen molar-refractivity contribution in [2.45, 2.75) is 26.3 Å². The Morgan fingerprint density at radius 1 is 1.53 bits per heavy atom. The van der Waals surface area contributed by atoms with Crippen LogP contribution in [-0.2, 0) is 13.5 Å². The SMILES string of the molecule is CCNC(Cc1csc(C)n1)c1cn(C)cn1. The molecule has 2 heterocycles. The summed E-state index contributed by atoms with van der Waals surface area (Å²) in [5.74, 6) is 0. The monoisotopic (exact) mass is 250 g/mol. The summed E-state index contributed by atoms with van der Waals surface area (Å²) >= 11 is 1.70. The number of aromatic nitrogens is 3. The van der Waals surface area contributed by atoms with Gasteiger partial charge in [0.25, 0.3) is 0 Å². The summed E-state index contributed by atoms with van der Waals surface area (Å²) in [7, 11) is 1.99. The molecule has 1 atom stereocenters. The van der Waals surface area contributed by atoms with Crippen molar-refractivity contribution in [2.75, 3.05) is 6.54 Å². The van der Waals surface area contributed by atoms with E-state index in [0.29, 0.717) is 0 Å². The molecule has 2 rings (SSSR count). The molecular formula is C12H18N4S. The van der Waals surface area contributed by atoms with Gasteiger partial charge in [-0.2, -0.15) is 0 Å². The van der Waals surface area contributed by atoms with Crippen molar-refractivity contribution in [1.82, 2.24) is 19.9 Å². The zero-order chi connectivity index (χ0) is 12.3. The summed E-state index contributed by atoms with van der Waals surface area (Å²) in [6.07, 6.45) is 4.80. The first-order chi connectivity index (χ1) is 8.19. The van der Waals surface area contributed by atoms with E-state index in [1.165, 1.54) is 0 Å². The van der Waals surface area contributed by atoms with E-state index in [1.807, 2.05) is 24.9 Å². The Bertz CT molecular complexity index is 474. The van der Waals surface area contributed by atoms with Crippen molar-refractivity contribution in [3.63, 3.8) is 0 Å². The molecule has 0 aliphatic heterocycles. The minimum Gasteiger partial charge on any atom is -0.340 e. The summed E-state index contributed by atoms with van der Waals surface area (Å²) < 4.78 is 1.98. The second-order valence-corrected chi connectivity index (χ2v) is 5.20. The lowest BCUT2D eigenvalue weighted by Crippen LogP contribution is -2.23. The first kappa shape index (κ1) is 12.3. The molecule has 0 aliphatic carbocycles. The fraction of sp³-hybridized carbons (Fsp3) is 0.500. The average molecular weight is 250 g/mol. The van der Waals surface area contributed by atoms with Crippen LogP contribution in [0, 0.1) is 6.92 Å². The number of imidazole rings is 1. The number of aryl methyl sites for hydroxylation is 2. The highest BCUT2D eigenvalue weighted by molar-refractivity contribution is 7.09. The van der Waals surface area contributed by atoms with Gasteiger partial charge in [0.2, 0.25) is 0 Å². The van der Waals surface area contributed by atoms with E-state index in [4.69, 9.17) is 0 Å². The summed E-state index contributed by atoms with van der Waals surface area (Å²) in [6, 6.07) is 0.252. The fourth-order valence-electron chi connectivity index (χ4n) is 1.85. The van der Waals surface area contributed by atoms with Gasteiger partial charge >= 0.3 is 0 Å². The lowest BCUT2D eigenvalue weighted by atomic mass is 10.1. The third-order valence-electron chi connectivity index (χ3n) is 2.61. The van der Waals surface area contributed by atoms with Gasteiger partial charge in [-0.3, -0.25) is 0 Å². The molecular weight excluding hydrogens is 232 g/mol. The third kappa shape index (κ3) is 3.14. The predicted octanol–water partition coefficient (Wildman–Crippen LogP) is 2.08. The fourth-order valence-corrected chi connectivity index (χ4v) is 2.48. The highest BCUT2D eigenvalue weighted by Crippen LogP contribution is 2.18. The van der Waals surface area contributed by atoms with Crippen molar-refractivity contribution in [3.8, 4) is 0 Å². The van der Waals surface area contributed by atoms with E-state index in [9.17, 15) is 0 Å². The van der Waals surface area contributed by atoms with E-state index in [-0.39, 0.29) is 6.04 Å². The lowest BCUT2D eigenvalue weighted by molar-refractivity contribution is 0.533. The number of hydrogen-bond acceptors (Lipinski definition) is 4. The van der Waals surface area contributed by atoms with Gasteiger partial charge in [-0.1, -0.05) is 6.92 Å². The Morgan fingerprint density at radius 2 is 2.35 bits per heavy atom. The zero-order valence-electron chi connectivity index (χ0n) is 10.5. The van der Waals surface area contributed by atoms with Gasteiger partial charge in [0, 0.05) is 25.0 Å². The Kier molecular flexibility index (Phi) is 3.91. The third-order valence-corrected chi connectivity index (χ3v) is 3.43. The largest absolute Gasteiger partial charge is 0.340 e. The molecule has 0 fully saturated rings. The van der Waals surface area contributed by atoms with E-state index in [1.54, 1.807) is 11.3 Å². The van der Waals surface area contributed by atoms with Crippen LogP contribution in [0.1, 0.15) is 29.4 Å². The zero-order valence-corrected chi connectivity index (χ0v) is 11.3. The second kappa shape index (κ2) is 5.42. The summed E-state index contributed by atoms with van der Waals surface area (Å²) in [5.41, 5.74) is 2.23. The molecule has 0 aromatic carbocycles. The molecule has 0 aliphatic rings. The van der Waals surface area contributed by atoms with Crippen LogP contribution >= 0.6 is 11.3 Å². The normalized spacial score (nSPS) is 12.9. The van der Waals surface area contributed by atoms with E-state index >= 15 is 0 Å². The minimum absolute atomic E-state index is 0.252. The highest BCUT2D eigenvalue weighted by atomic mass is 32.1. The average Bonchev–Trinajstić information content (AvgIpc) is 2.87. The molecule has 2 aromatic rings. The standard InChI is InChI=1S/C12H18N4S/c1-4-13-11(12-6-16(3)8-14-12)5-10-7-17-9(2)15-10/h6-8,11,13H,4-5H2,1-3H3. The van der Waals surface area contributed by atoms with Crippen LogP contribution in [-0.4, -0.2) is 21.1 Å². The molecule has 0 radical (unpaired) electrons. The molecule has 1 N–H and O–H groups in total. The second-order valence-electron chi connectivity index (χ2n) is 4.14. The Balaban J connectivity index is 2.12. The number of likely N-dealkylation sites (N-methyl/N-ethyl adjacent to an activating group) is 1. The molecule has 4 nitrogen and oxygen atoms in total. The molecule has 0 saturated carbocycles. The maximum atomic E-state index is 4.51. The minimum atomic E-state index is 0.252. The van der Waals surface area contributed by atoms with Crippen molar-refractivity contribution >= 4 is 11.3 Å². The van der Waals surface area contributed by atoms with Gasteiger partial charge in [0.05, 0.1) is 28.8 Å². The first-order valence-corrected chi connectivity index (χ1v) is 6.69. The Hall–Kier alpha value is -1.20. The Labute approximate surface area is 106 Å². The van der Waals surface area contributed by atoms with Crippen LogP contribution in [0.3, 0.4) is 0 Å². The topological polar surface area (TPSA) is 42.7 Å². The van der Waals surface area contributed by atoms with Crippen LogP contribution in [0.2, 0.25) is 0 Å². The summed E-state index contributed by atoms with van der Waals surface area (Å²) in [5, 5.41) is 6.71. The number of nitrogens with one attached hydrogen (secondary N) is 1. The van der Waals surface area contributed by atoms with Crippen LogP contribution in [0.5, 0.6) is 0 Å². The molecule has 0 bridgehead atoms. The number of rotatable bonds is 5. The highest BCUT2D eigenvalue weighted by Gasteiger charge is 2.15. The molecule has 0 spiro atoms. The van der Waals surface area contributed by atoms with Crippen LogP contribution in [0.15, 0.2) is 17.9 Å². The van der Waals surface area contributed by atoms with Crippen LogP contribution < -0.4 is 5.32 Å². The van der Waals surface area contributed by atoms with E-state index in [0.717, 1.165) is 29.4 Å². The van der Waals surface area contributed by atoms with Crippen LogP contribution in [0.25, 0.3) is 0 Å². The van der Waals surface area contributed by atoms with Gasteiger partial charge < -0.3 is 9.88 Å². The van der Waals surface area contributed by atoms with Gasteiger partial charge in [0.15, 0.2) is 0 Å². The van der Waals surface area contributed by atoms with Gasteiger partial charge in [-0.05, 0) is 13.5 Å². The molecule has 92 valence electrons. The number of nitrogens with zero attached hydrogens (tertiary/aromatic N) is 3. The molecule has 0 saturated heterocycles. The molecule has 2 aromatic heterocycles. The summed E-state index contributed by atoms with van der Waals surface area (Å²) in [4.78, 5) is 8.92. The molecule has 0 amide bonds. The molecule has 17 heavy (non-hydrogen) atoms. The van der Waals surface area contributed by atoms with Crippen LogP contribution in [0.4, 0.5) is 0 Å². The van der Waals surface area contributed by atoms with E-state index < -0.39 is 0 Å². The summed E-state index contributed by atoms with van der Waals surface area (Å²) in [6.45, 7) is 5.09. The first-order valence-electron chi connectivity index (χ1n) is 5.81. The maximum Gasteiger partial charge on any atom is 0.0947 e. The van der Waals surface area contributed by atoms with E-state index in [2.05, 4.69) is 33.8 Å². The lowest BCUT2D eigenvalue weighted by Gasteiger charge is -2.14. The van der Waals surface area contributed by atoms with Crippen molar-refractivity contribution in [3.05, 3.63) is 34.3 Å². The van der Waals surface area contributed by atoms with Crippen molar-refractivity contribution in [2.24, 2.45) is 7.05 Å². The molecule has 5 heteroatoms. The van der Waals surface area contributed by atoms with Crippen molar-refractivity contribution in [1.29, 1.82) is 0 Å². The number of thiazole rings is 1. The molecule has 1 unspecified atom stereocenters. The number of hydrogen-bond donors (Lipinski definition) is 1. The quantitative estimate of drug-likeness (QED) is 0.883. The smallest absolute Gasteiger partial charge is 0.0947 e. The van der Waals surface area contributed by atoms with Gasteiger partial charge in [0.1, 0.15) is 0 Å². The maximum absolute atomic E-state index is 4.51. The van der Waals surface area contributed by atoms with Crippen molar-refractivity contribution < 1.29 is 0 Å². The Morgan fingerprint density at radius 3 is 2.88 bits per heavy atom.